The van der Waals surface area contributed by atoms with E-state index in [2.05, 4.69) is 5.32 Å². The Kier molecular flexibility index (Phi) is 6.65. The van der Waals surface area contributed by atoms with Crippen LogP contribution in [0, 0.1) is 0 Å². The lowest BCUT2D eigenvalue weighted by molar-refractivity contribution is -0.123. The fourth-order valence-electron chi connectivity index (χ4n) is 3.57. The molecule has 1 fully saturated rings. The summed E-state index contributed by atoms with van der Waals surface area (Å²) in [5.74, 6) is -0.963. The zero-order valence-electron chi connectivity index (χ0n) is 16.5. The number of nitrogens with two attached hydrogens (primary N) is 1. The number of rotatable bonds is 6. The molecule has 0 unspecified atom stereocenters. The minimum atomic E-state index is -0.962. The Labute approximate surface area is 170 Å². The first kappa shape index (κ1) is 20.6. The number of hydrogen-bond donors (Lipinski definition) is 2. The van der Waals surface area contributed by atoms with Gasteiger partial charge in [-0.25, -0.2) is 4.79 Å². The minimum absolute atomic E-state index is 0.346. The van der Waals surface area contributed by atoms with Gasteiger partial charge in [-0.1, -0.05) is 31.4 Å². The van der Waals surface area contributed by atoms with E-state index in [0.29, 0.717) is 22.7 Å². The molecular formula is C23H26N2O4. The van der Waals surface area contributed by atoms with Crippen molar-refractivity contribution < 1.29 is 19.1 Å². The molecule has 1 aliphatic rings. The number of esters is 1. The van der Waals surface area contributed by atoms with Gasteiger partial charge in [0, 0.05) is 11.3 Å². The fourth-order valence-corrected chi connectivity index (χ4v) is 3.57. The van der Waals surface area contributed by atoms with Gasteiger partial charge in [-0.15, -0.1) is 0 Å². The molecule has 3 rings (SSSR count). The molecule has 0 saturated heterocycles. The van der Waals surface area contributed by atoms with Gasteiger partial charge in [-0.3, -0.25) is 9.59 Å². The minimum Gasteiger partial charge on any atom is -0.449 e. The molecule has 0 aromatic heterocycles. The third-order valence-electron chi connectivity index (χ3n) is 5.31. The van der Waals surface area contributed by atoms with Gasteiger partial charge < -0.3 is 15.8 Å². The first-order valence-electron chi connectivity index (χ1n) is 9.95. The standard InChI is InChI=1S/C23H26N2O4/c1-15(22(27)25-20-13-11-18(12-14-20)21(24)26)29-23(28)19-9-7-17(8-10-19)16-5-3-2-4-6-16/h7-16H,2-6H2,1H3,(H2,24,26)(H,25,27)/t15-/m0/s1. The van der Waals surface area contributed by atoms with Crippen LogP contribution in [0.25, 0.3) is 0 Å². The number of benzene rings is 2. The van der Waals surface area contributed by atoms with E-state index in [9.17, 15) is 14.4 Å². The Bertz CT molecular complexity index is 869. The summed E-state index contributed by atoms with van der Waals surface area (Å²) >= 11 is 0. The highest BCUT2D eigenvalue weighted by Gasteiger charge is 2.20. The lowest BCUT2D eigenvalue weighted by Gasteiger charge is -2.22. The molecule has 0 radical (unpaired) electrons. The van der Waals surface area contributed by atoms with Crippen LogP contribution in [0.1, 0.15) is 71.2 Å². The Balaban J connectivity index is 1.54. The van der Waals surface area contributed by atoms with Crippen LogP contribution in [0.5, 0.6) is 0 Å². The highest BCUT2D eigenvalue weighted by Crippen LogP contribution is 2.32. The predicted octanol–water partition coefficient (Wildman–Crippen LogP) is 4.02. The van der Waals surface area contributed by atoms with Crippen LogP contribution in [0.3, 0.4) is 0 Å². The maximum atomic E-state index is 12.4. The topological polar surface area (TPSA) is 98.5 Å². The number of hydrogen-bond acceptors (Lipinski definition) is 4. The van der Waals surface area contributed by atoms with Crippen molar-refractivity contribution in [3.63, 3.8) is 0 Å². The van der Waals surface area contributed by atoms with Gasteiger partial charge in [0.1, 0.15) is 0 Å². The average molecular weight is 394 g/mol. The van der Waals surface area contributed by atoms with Gasteiger partial charge in [0.25, 0.3) is 5.91 Å². The average Bonchev–Trinajstić information content (AvgIpc) is 2.74. The van der Waals surface area contributed by atoms with Crippen LogP contribution >= 0.6 is 0 Å². The van der Waals surface area contributed by atoms with E-state index >= 15 is 0 Å². The summed E-state index contributed by atoms with van der Waals surface area (Å²) in [5, 5.41) is 2.65. The van der Waals surface area contributed by atoms with Crippen molar-refractivity contribution >= 4 is 23.5 Å². The summed E-state index contributed by atoms with van der Waals surface area (Å²) in [5.41, 5.74) is 7.71. The Hall–Kier alpha value is -3.15. The lowest BCUT2D eigenvalue weighted by atomic mass is 9.84. The third-order valence-corrected chi connectivity index (χ3v) is 5.31. The monoisotopic (exact) mass is 394 g/mol. The van der Waals surface area contributed by atoms with E-state index in [0.717, 1.165) is 0 Å². The molecule has 1 atom stereocenters. The molecule has 6 heteroatoms. The van der Waals surface area contributed by atoms with E-state index in [1.807, 2.05) is 12.1 Å². The second kappa shape index (κ2) is 9.37. The molecule has 2 aromatic carbocycles. The molecule has 0 aliphatic heterocycles. The fraction of sp³-hybridized carbons (Fsp3) is 0.348. The van der Waals surface area contributed by atoms with Crippen molar-refractivity contribution in [2.45, 2.75) is 51.0 Å². The van der Waals surface area contributed by atoms with Crippen molar-refractivity contribution in [3.8, 4) is 0 Å². The van der Waals surface area contributed by atoms with Crippen LogP contribution < -0.4 is 11.1 Å². The van der Waals surface area contributed by atoms with Crippen molar-refractivity contribution in [2.24, 2.45) is 5.73 Å². The van der Waals surface area contributed by atoms with Crippen molar-refractivity contribution in [1.29, 1.82) is 0 Å². The second-order valence-electron chi connectivity index (χ2n) is 7.44. The van der Waals surface area contributed by atoms with Gasteiger partial charge in [-0.05, 0) is 67.6 Å². The largest absolute Gasteiger partial charge is 0.449 e. The smallest absolute Gasteiger partial charge is 0.338 e. The zero-order valence-corrected chi connectivity index (χ0v) is 16.5. The highest BCUT2D eigenvalue weighted by atomic mass is 16.5. The molecule has 0 bridgehead atoms. The normalized spacial score (nSPS) is 15.3. The summed E-state index contributed by atoms with van der Waals surface area (Å²) in [4.78, 5) is 35.7. The molecule has 1 saturated carbocycles. The number of nitrogens with one attached hydrogen (secondary N) is 1. The van der Waals surface area contributed by atoms with E-state index in [-0.39, 0.29) is 0 Å². The lowest BCUT2D eigenvalue weighted by Crippen LogP contribution is -2.30. The molecule has 6 nitrogen and oxygen atoms in total. The van der Waals surface area contributed by atoms with Gasteiger partial charge in [-0.2, -0.15) is 0 Å². The maximum Gasteiger partial charge on any atom is 0.338 e. The molecule has 2 amide bonds. The molecule has 0 heterocycles. The number of carbonyl (C=O) groups excluding carboxylic acids is 3. The van der Waals surface area contributed by atoms with Gasteiger partial charge in [0.15, 0.2) is 6.10 Å². The molecule has 0 spiro atoms. The Morgan fingerprint density at radius 1 is 0.931 bits per heavy atom. The molecule has 152 valence electrons. The van der Waals surface area contributed by atoms with E-state index in [1.54, 1.807) is 24.3 Å². The molecule has 3 N–H and O–H groups in total. The number of amides is 2. The van der Waals surface area contributed by atoms with E-state index in [1.165, 1.54) is 56.7 Å². The summed E-state index contributed by atoms with van der Waals surface area (Å²) in [7, 11) is 0. The van der Waals surface area contributed by atoms with Crippen LogP contribution in [0.15, 0.2) is 48.5 Å². The van der Waals surface area contributed by atoms with E-state index in [4.69, 9.17) is 10.5 Å². The Morgan fingerprint density at radius 2 is 1.52 bits per heavy atom. The highest BCUT2D eigenvalue weighted by molar-refractivity contribution is 5.98. The number of anilines is 1. The summed E-state index contributed by atoms with van der Waals surface area (Å²) < 4.78 is 5.29. The summed E-state index contributed by atoms with van der Waals surface area (Å²) in [6, 6.07) is 13.7. The zero-order chi connectivity index (χ0) is 20.8. The molecule has 2 aromatic rings. The quantitative estimate of drug-likeness (QED) is 0.723. The van der Waals surface area contributed by atoms with Crippen molar-refractivity contribution in [1.82, 2.24) is 0 Å². The number of ether oxygens (including phenoxy) is 1. The second-order valence-corrected chi connectivity index (χ2v) is 7.44. The van der Waals surface area contributed by atoms with Crippen LogP contribution in [0.2, 0.25) is 0 Å². The molecule has 29 heavy (non-hydrogen) atoms. The summed E-state index contributed by atoms with van der Waals surface area (Å²) in [6.45, 7) is 1.52. The maximum absolute atomic E-state index is 12.4. The third kappa shape index (κ3) is 5.44. The van der Waals surface area contributed by atoms with Crippen molar-refractivity contribution in [3.05, 3.63) is 65.2 Å². The molecular weight excluding hydrogens is 368 g/mol. The van der Waals surface area contributed by atoms with Crippen LogP contribution in [-0.4, -0.2) is 23.9 Å². The van der Waals surface area contributed by atoms with Crippen LogP contribution in [0.4, 0.5) is 5.69 Å². The SMILES string of the molecule is C[C@H](OC(=O)c1ccc(C2CCCCC2)cc1)C(=O)Nc1ccc(C(N)=O)cc1. The van der Waals surface area contributed by atoms with Crippen LogP contribution in [-0.2, 0) is 9.53 Å². The predicted molar refractivity (Wildman–Crippen MR) is 111 cm³/mol. The Morgan fingerprint density at radius 3 is 2.10 bits per heavy atom. The van der Waals surface area contributed by atoms with Crippen molar-refractivity contribution in [2.75, 3.05) is 5.32 Å². The number of carbonyl (C=O) groups is 3. The van der Waals surface area contributed by atoms with Gasteiger partial charge in [0.2, 0.25) is 5.91 Å². The summed E-state index contributed by atoms with van der Waals surface area (Å²) in [6.07, 6.45) is 5.24. The van der Waals surface area contributed by atoms with Gasteiger partial charge >= 0.3 is 5.97 Å². The first-order valence-corrected chi connectivity index (χ1v) is 9.95. The molecule has 1 aliphatic carbocycles. The first-order chi connectivity index (χ1) is 13.9. The number of primary amides is 1. The van der Waals surface area contributed by atoms with Gasteiger partial charge in [0.05, 0.1) is 5.56 Å². The van der Waals surface area contributed by atoms with E-state index < -0.39 is 23.9 Å².